The highest BCUT2D eigenvalue weighted by Crippen LogP contribution is 2.15. The summed E-state index contributed by atoms with van der Waals surface area (Å²) in [4.78, 5) is 30.5. The van der Waals surface area contributed by atoms with Crippen LogP contribution in [0, 0.1) is 0 Å². The third kappa shape index (κ3) is 7.47. The van der Waals surface area contributed by atoms with E-state index in [-0.39, 0.29) is 6.15 Å². The van der Waals surface area contributed by atoms with E-state index in [1.165, 1.54) is 0 Å². The predicted molar refractivity (Wildman–Crippen MR) is 53.4 cm³/mol. The molecule has 0 spiro atoms. The Kier molecular flexibility index (Phi) is 10.3. The van der Waals surface area contributed by atoms with Crippen molar-refractivity contribution in [3.63, 3.8) is 0 Å². The fraction of sp³-hybridized carbons (Fsp3) is 0.375. The molecule has 0 atom stereocenters. The molecule has 7 N–H and O–H groups in total. The van der Waals surface area contributed by atoms with Crippen LogP contribution in [0.5, 0.6) is 0 Å². The quantitative estimate of drug-likeness (QED) is 0.406. The summed E-state index contributed by atoms with van der Waals surface area (Å²) in [6.07, 6.45) is -2.29. The molecule has 0 aliphatic carbocycles. The highest BCUT2D eigenvalue weighted by molar-refractivity contribution is 5.88. The Morgan fingerprint density at radius 2 is 1.19 bits per heavy atom. The van der Waals surface area contributed by atoms with Gasteiger partial charge in [-0.2, -0.15) is 0 Å². The Balaban J connectivity index is -0.000000529. The molecule has 0 aliphatic heterocycles. The Labute approximate surface area is 91.4 Å². The first-order chi connectivity index (χ1) is 6.78. The van der Waals surface area contributed by atoms with Gasteiger partial charge >= 0.3 is 17.9 Å². The summed E-state index contributed by atoms with van der Waals surface area (Å²) in [5, 5.41) is 33.8. The van der Waals surface area contributed by atoms with Crippen molar-refractivity contribution in [2.45, 2.75) is 18.4 Å². The summed E-state index contributed by atoms with van der Waals surface area (Å²) < 4.78 is 0. The lowest BCUT2D eigenvalue weighted by molar-refractivity contribution is -0.170. The van der Waals surface area contributed by atoms with Crippen molar-refractivity contribution >= 4 is 17.9 Å². The third-order valence-electron chi connectivity index (χ3n) is 1.29. The van der Waals surface area contributed by atoms with Crippen molar-refractivity contribution in [3.8, 4) is 0 Å². The van der Waals surface area contributed by atoms with Crippen LogP contribution in [0.3, 0.4) is 0 Å². The molecular formula is C8H15NO7. The van der Waals surface area contributed by atoms with E-state index < -0.39 is 36.4 Å². The largest absolute Gasteiger partial charge is 0.481 e. The van der Waals surface area contributed by atoms with E-state index in [1.54, 1.807) is 0 Å². The summed E-state index contributed by atoms with van der Waals surface area (Å²) in [6, 6.07) is 0. The molecule has 0 saturated heterocycles. The lowest BCUT2D eigenvalue weighted by Crippen LogP contribution is -2.42. The molecule has 0 bridgehead atoms. The van der Waals surface area contributed by atoms with Gasteiger partial charge < -0.3 is 26.6 Å². The summed E-state index contributed by atoms with van der Waals surface area (Å²) in [7, 11) is 0. The molecule has 0 aromatic rings. The van der Waals surface area contributed by atoms with Crippen LogP contribution in [-0.2, 0) is 14.4 Å². The second-order valence-electron chi connectivity index (χ2n) is 2.48. The first-order valence-electron chi connectivity index (χ1n) is 3.67. The number of carbonyl (C=O) groups is 3. The molecule has 16 heavy (non-hydrogen) atoms. The molecule has 0 unspecified atom stereocenters. The van der Waals surface area contributed by atoms with Crippen molar-refractivity contribution in [1.82, 2.24) is 6.15 Å². The number of aliphatic carboxylic acids is 3. The number of hydrogen-bond acceptors (Lipinski definition) is 5. The first kappa shape index (κ1) is 19.6. The maximum absolute atomic E-state index is 10.3. The zero-order chi connectivity index (χ0) is 12.6. The fourth-order valence-corrected chi connectivity index (χ4v) is 0.714. The van der Waals surface area contributed by atoms with Gasteiger partial charge in [0.15, 0.2) is 5.60 Å². The third-order valence-corrected chi connectivity index (χ3v) is 1.29. The molecule has 0 radical (unpaired) electrons. The van der Waals surface area contributed by atoms with Crippen LogP contribution in [0.25, 0.3) is 0 Å². The summed E-state index contributed by atoms with van der Waals surface area (Å²) in [6.45, 7) is 6.00. The van der Waals surface area contributed by atoms with Crippen molar-refractivity contribution in [2.24, 2.45) is 0 Å². The Bertz CT molecular complexity index is 247. The number of carboxylic acids is 3. The van der Waals surface area contributed by atoms with Crippen LogP contribution in [0.4, 0.5) is 0 Å². The van der Waals surface area contributed by atoms with E-state index in [0.29, 0.717) is 0 Å². The molecule has 0 fully saturated rings. The van der Waals surface area contributed by atoms with E-state index in [0.717, 1.165) is 0 Å². The van der Waals surface area contributed by atoms with Gasteiger partial charge in [0.25, 0.3) is 0 Å². The van der Waals surface area contributed by atoms with Gasteiger partial charge in [-0.1, -0.05) is 0 Å². The molecule has 0 saturated carbocycles. The highest BCUT2D eigenvalue weighted by atomic mass is 16.4. The molecule has 8 nitrogen and oxygen atoms in total. The van der Waals surface area contributed by atoms with Gasteiger partial charge in [-0.15, -0.1) is 13.2 Å². The summed E-state index contributed by atoms with van der Waals surface area (Å²) in [5.74, 6) is -5.02. The van der Waals surface area contributed by atoms with E-state index in [1.807, 2.05) is 0 Å². The minimum absolute atomic E-state index is 0. The SMILES string of the molecule is C=C.N.O=C(O)CC(O)(CC(=O)O)C(=O)O. The molecule has 0 amide bonds. The Morgan fingerprint density at radius 1 is 0.938 bits per heavy atom. The van der Waals surface area contributed by atoms with Crippen LogP contribution < -0.4 is 6.15 Å². The van der Waals surface area contributed by atoms with Gasteiger partial charge in [0.05, 0.1) is 12.8 Å². The molecular weight excluding hydrogens is 222 g/mol. The maximum atomic E-state index is 10.3. The van der Waals surface area contributed by atoms with E-state index in [4.69, 9.17) is 20.4 Å². The summed E-state index contributed by atoms with van der Waals surface area (Å²) in [5.41, 5.74) is -2.74. The van der Waals surface area contributed by atoms with Crippen LogP contribution in [0.15, 0.2) is 13.2 Å². The minimum atomic E-state index is -2.74. The predicted octanol–water partition coefficient (Wildman–Crippen LogP) is -0.284. The van der Waals surface area contributed by atoms with Crippen LogP contribution in [-0.4, -0.2) is 43.9 Å². The molecule has 0 aromatic heterocycles. The maximum Gasteiger partial charge on any atom is 0.336 e. The standard InChI is InChI=1S/C6H8O7.C2H4.H3N/c7-3(8)1-6(13,5(11)12)2-4(9)10;1-2;/h13H,1-2H2,(H,7,8)(H,9,10)(H,11,12);1-2H2;1H3. The van der Waals surface area contributed by atoms with Gasteiger partial charge in [0, 0.05) is 0 Å². The minimum Gasteiger partial charge on any atom is -0.481 e. The topological polar surface area (TPSA) is 167 Å². The van der Waals surface area contributed by atoms with Crippen LogP contribution in [0.1, 0.15) is 12.8 Å². The number of aliphatic hydroxyl groups is 1. The lowest BCUT2D eigenvalue weighted by Gasteiger charge is -2.18. The van der Waals surface area contributed by atoms with Crippen molar-refractivity contribution in [3.05, 3.63) is 13.2 Å². The van der Waals surface area contributed by atoms with Crippen molar-refractivity contribution in [1.29, 1.82) is 0 Å². The molecule has 0 heterocycles. The smallest absolute Gasteiger partial charge is 0.336 e. The zero-order valence-electron chi connectivity index (χ0n) is 8.55. The zero-order valence-corrected chi connectivity index (χ0v) is 8.55. The average molecular weight is 237 g/mol. The lowest BCUT2D eigenvalue weighted by atomic mass is 9.96. The second-order valence-corrected chi connectivity index (χ2v) is 2.48. The fourth-order valence-electron chi connectivity index (χ4n) is 0.714. The molecule has 0 aliphatic rings. The normalized spacial score (nSPS) is 9.06. The van der Waals surface area contributed by atoms with Gasteiger partial charge in [0.2, 0.25) is 0 Å². The van der Waals surface area contributed by atoms with E-state index in [9.17, 15) is 14.4 Å². The van der Waals surface area contributed by atoms with Gasteiger partial charge in [-0.3, -0.25) is 9.59 Å². The number of rotatable bonds is 5. The average Bonchev–Trinajstić information content (AvgIpc) is 2.04. The Morgan fingerprint density at radius 3 is 1.31 bits per heavy atom. The van der Waals surface area contributed by atoms with E-state index >= 15 is 0 Å². The van der Waals surface area contributed by atoms with Crippen LogP contribution in [0.2, 0.25) is 0 Å². The second kappa shape index (κ2) is 8.38. The number of hydrogen-bond donors (Lipinski definition) is 5. The highest BCUT2D eigenvalue weighted by Gasteiger charge is 2.40. The molecule has 0 rings (SSSR count). The van der Waals surface area contributed by atoms with E-state index in [2.05, 4.69) is 13.2 Å². The molecule has 0 aromatic carbocycles. The molecule has 94 valence electrons. The van der Waals surface area contributed by atoms with Gasteiger partial charge in [-0.25, -0.2) is 4.79 Å². The summed E-state index contributed by atoms with van der Waals surface area (Å²) >= 11 is 0. The number of carboxylic acid groups (broad SMARTS) is 3. The Hall–Kier alpha value is -1.93. The van der Waals surface area contributed by atoms with Crippen molar-refractivity contribution < 1.29 is 34.8 Å². The first-order valence-corrected chi connectivity index (χ1v) is 3.67. The van der Waals surface area contributed by atoms with Crippen molar-refractivity contribution in [2.75, 3.05) is 0 Å². The van der Waals surface area contributed by atoms with Crippen LogP contribution >= 0.6 is 0 Å². The van der Waals surface area contributed by atoms with Gasteiger partial charge in [0.1, 0.15) is 0 Å². The van der Waals surface area contributed by atoms with Gasteiger partial charge in [-0.05, 0) is 0 Å². The monoisotopic (exact) mass is 237 g/mol. The molecule has 8 heteroatoms.